The molecule has 2 atom stereocenters. The highest BCUT2D eigenvalue weighted by molar-refractivity contribution is 5.78. The summed E-state index contributed by atoms with van der Waals surface area (Å²) in [6.07, 6.45) is 0.127. The summed E-state index contributed by atoms with van der Waals surface area (Å²) in [7, 11) is 0. The molecular weight excluding hydrogens is 228 g/mol. The Balaban J connectivity index is 2.34. The summed E-state index contributed by atoms with van der Waals surface area (Å²) in [6, 6.07) is -1.31. The van der Waals surface area contributed by atoms with E-state index in [-0.39, 0.29) is 24.8 Å². The summed E-state index contributed by atoms with van der Waals surface area (Å²) < 4.78 is 0. The fourth-order valence-electron chi connectivity index (χ4n) is 1.43. The Labute approximate surface area is 97.2 Å². The minimum Gasteiger partial charge on any atom is -0.480 e. The first-order valence-electron chi connectivity index (χ1n) is 5.11. The van der Waals surface area contributed by atoms with Gasteiger partial charge in [-0.15, -0.1) is 0 Å². The van der Waals surface area contributed by atoms with E-state index >= 15 is 0 Å². The average Bonchev–Trinajstić information content (AvgIpc) is 2.74. The van der Waals surface area contributed by atoms with E-state index in [9.17, 15) is 9.59 Å². The summed E-state index contributed by atoms with van der Waals surface area (Å²) in [6.45, 7) is 0.700. The van der Waals surface area contributed by atoms with Crippen LogP contribution in [0.3, 0.4) is 0 Å². The molecule has 1 heterocycles. The van der Waals surface area contributed by atoms with Crippen LogP contribution in [0, 0.1) is 0 Å². The summed E-state index contributed by atoms with van der Waals surface area (Å²) >= 11 is 0. The van der Waals surface area contributed by atoms with Gasteiger partial charge in [-0.2, -0.15) is 0 Å². The summed E-state index contributed by atoms with van der Waals surface area (Å²) in [4.78, 5) is 24.7. The van der Waals surface area contributed by atoms with Crippen LogP contribution in [0.5, 0.6) is 0 Å². The molecule has 1 fully saturated rings. The number of nitrogens with two attached hydrogens (primary N) is 1. The predicted octanol–water partition coefficient (Wildman–Crippen LogP) is -0.796. The number of carbonyl (C=O) groups is 2. The molecule has 0 bridgehead atoms. The molecule has 0 aromatic carbocycles. The Hall–Kier alpha value is -1.83. The zero-order valence-corrected chi connectivity index (χ0v) is 9.11. The minimum absolute atomic E-state index is 0.0451. The third-order valence-corrected chi connectivity index (χ3v) is 2.41. The molecule has 9 heteroatoms. The van der Waals surface area contributed by atoms with Crippen LogP contribution in [-0.4, -0.2) is 47.2 Å². The lowest BCUT2D eigenvalue weighted by Crippen LogP contribution is -2.38. The summed E-state index contributed by atoms with van der Waals surface area (Å²) in [5, 5.41) is 13.4. The van der Waals surface area contributed by atoms with Crippen molar-refractivity contribution >= 4 is 11.9 Å². The minimum atomic E-state index is -1.13. The molecule has 94 valence electrons. The molecule has 0 aromatic heterocycles. The van der Waals surface area contributed by atoms with E-state index < -0.39 is 12.0 Å². The molecular formula is C8H14N6O3. The molecule has 9 nitrogen and oxygen atoms in total. The van der Waals surface area contributed by atoms with E-state index in [0.29, 0.717) is 13.1 Å². The number of carbonyl (C=O) groups excluding carboxylic acids is 1. The van der Waals surface area contributed by atoms with Crippen LogP contribution < -0.4 is 11.2 Å². The second-order valence-electron chi connectivity index (χ2n) is 3.71. The van der Waals surface area contributed by atoms with Crippen molar-refractivity contribution in [3.63, 3.8) is 0 Å². The maximum atomic E-state index is 11.6. The molecule has 17 heavy (non-hydrogen) atoms. The number of azide groups is 1. The Morgan fingerprint density at radius 3 is 3.00 bits per heavy atom. The van der Waals surface area contributed by atoms with Crippen molar-refractivity contribution in [3.8, 4) is 0 Å². The zero-order chi connectivity index (χ0) is 12.8. The van der Waals surface area contributed by atoms with Gasteiger partial charge in [0.25, 0.3) is 0 Å². The number of nitrogens with one attached hydrogen (secondary N) is 1. The lowest BCUT2D eigenvalue weighted by atomic mass is 10.1. The van der Waals surface area contributed by atoms with Crippen molar-refractivity contribution in [2.24, 2.45) is 10.8 Å². The number of aliphatic carboxylic acids is 1. The Morgan fingerprint density at radius 1 is 1.71 bits per heavy atom. The van der Waals surface area contributed by atoms with Gasteiger partial charge in [0.2, 0.25) is 5.91 Å². The molecule has 1 amide bonds. The normalized spacial score (nSPS) is 20.8. The molecule has 0 spiro atoms. The first kappa shape index (κ1) is 13.2. The lowest BCUT2D eigenvalue weighted by Gasteiger charge is -2.16. The van der Waals surface area contributed by atoms with E-state index in [4.69, 9.17) is 16.4 Å². The Bertz CT molecular complexity index is 353. The second-order valence-corrected chi connectivity index (χ2v) is 3.71. The average molecular weight is 242 g/mol. The molecule has 1 rings (SSSR count). The van der Waals surface area contributed by atoms with Crippen LogP contribution in [0.2, 0.25) is 0 Å². The van der Waals surface area contributed by atoms with Crippen molar-refractivity contribution < 1.29 is 14.7 Å². The van der Waals surface area contributed by atoms with Gasteiger partial charge < -0.3 is 10.8 Å². The van der Waals surface area contributed by atoms with Gasteiger partial charge in [0.1, 0.15) is 6.04 Å². The van der Waals surface area contributed by atoms with Gasteiger partial charge in [0, 0.05) is 24.4 Å². The molecule has 1 aliphatic rings. The molecule has 0 radical (unpaired) electrons. The Morgan fingerprint density at radius 2 is 2.41 bits per heavy atom. The number of rotatable bonds is 5. The van der Waals surface area contributed by atoms with Crippen molar-refractivity contribution in [3.05, 3.63) is 10.4 Å². The summed E-state index contributed by atoms with van der Waals surface area (Å²) in [5.74, 6) is -1.38. The zero-order valence-electron chi connectivity index (χ0n) is 9.11. The van der Waals surface area contributed by atoms with Crippen LogP contribution in [0.25, 0.3) is 10.4 Å². The van der Waals surface area contributed by atoms with Crippen LogP contribution in [0.4, 0.5) is 0 Å². The van der Waals surface area contributed by atoms with E-state index in [1.54, 1.807) is 0 Å². The highest BCUT2D eigenvalue weighted by atomic mass is 16.4. The number of hydrazine groups is 1. The predicted molar refractivity (Wildman–Crippen MR) is 57.5 cm³/mol. The maximum absolute atomic E-state index is 11.6. The maximum Gasteiger partial charge on any atom is 0.320 e. The lowest BCUT2D eigenvalue weighted by molar-refractivity contribution is -0.139. The van der Waals surface area contributed by atoms with Crippen LogP contribution in [0.15, 0.2) is 5.11 Å². The topological polar surface area (TPSA) is 144 Å². The van der Waals surface area contributed by atoms with Gasteiger partial charge in [0.15, 0.2) is 0 Å². The van der Waals surface area contributed by atoms with Gasteiger partial charge >= 0.3 is 5.97 Å². The standard InChI is InChI=1S/C8H14N6O3/c9-6(8(16)17)1-2-7(15)14-4-5(3-11-14)12-13-10/h5-6,11H,1-4,9H2,(H,16,17)/t5?,6-/m0/s1. The fraction of sp³-hybridized carbons (Fsp3) is 0.750. The first-order valence-corrected chi connectivity index (χ1v) is 5.11. The molecule has 1 unspecified atom stereocenters. The van der Waals surface area contributed by atoms with Gasteiger partial charge in [0.05, 0.1) is 6.04 Å². The Kier molecular flexibility index (Phi) is 4.70. The molecule has 4 N–H and O–H groups in total. The van der Waals surface area contributed by atoms with Gasteiger partial charge in [-0.25, -0.2) is 5.43 Å². The van der Waals surface area contributed by atoms with Crippen LogP contribution >= 0.6 is 0 Å². The first-order chi connectivity index (χ1) is 8.04. The smallest absolute Gasteiger partial charge is 0.320 e. The molecule has 0 aliphatic carbocycles. The van der Waals surface area contributed by atoms with E-state index in [1.165, 1.54) is 5.01 Å². The molecule has 1 aliphatic heterocycles. The number of nitrogens with zero attached hydrogens (tertiary/aromatic N) is 4. The number of hydrogen-bond acceptors (Lipinski definition) is 5. The molecule has 0 saturated carbocycles. The van der Waals surface area contributed by atoms with Crippen molar-refractivity contribution in [2.45, 2.75) is 24.9 Å². The second kappa shape index (κ2) is 6.04. The third-order valence-electron chi connectivity index (χ3n) is 2.41. The van der Waals surface area contributed by atoms with Crippen LogP contribution in [-0.2, 0) is 9.59 Å². The van der Waals surface area contributed by atoms with Crippen molar-refractivity contribution in [1.29, 1.82) is 0 Å². The quantitative estimate of drug-likeness (QED) is 0.328. The molecule has 1 saturated heterocycles. The van der Waals surface area contributed by atoms with Crippen molar-refractivity contribution in [1.82, 2.24) is 10.4 Å². The van der Waals surface area contributed by atoms with Crippen molar-refractivity contribution in [2.75, 3.05) is 13.1 Å². The summed E-state index contributed by atoms with van der Waals surface area (Å²) in [5.41, 5.74) is 16.3. The van der Waals surface area contributed by atoms with E-state index in [1.807, 2.05) is 0 Å². The highest BCUT2D eigenvalue weighted by Crippen LogP contribution is 2.06. The SMILES string of the molecule is [N-]=[N+]=NC1CNN(C(=O)CC[C@H](N)C(=O)O)C1. The number of hydrogen-bond donors (Lipinski definition) is 3. The highest BCUT2D eigenvalue weighted by Gasteiger charge is 2.25. The fourth-order valence-corrected chi connectivity index (χ4v) is 1.43. The van der Waals surface area contributed by atoms with Gasteiger partial charge in [-0.1, -0.05) is 5.11 Å². The largest absolute Gasteiger partial charge is 0.480 e. The van der Waals surface area contributed by atoms with Gasteiger partial charge in [-0.05, 0) is 12.0 Å². The number of carboxylic acids is 1. The number of amides is 1. The van der Waals surface area contributed by atoms with Gasteiger partial charge in [-0.3, -0.25) is 14.6 Å². The molecule has 0 aromatic rings. The van der Waals surface area contributed by atoms with E-state index in [0.717, 1.165) is 0 Å². The third kappa shape index (κ3) is 3.91. The monoisotopic (exact) mass is 242 g/mol. The van der Waals surface area contributed by atoms with E-state index in [2.05, 4.69) is 15.5 Å². The van der Waals surface area contributed by atoms with Crippen LogP contribution in [0.1, 0.15) is 12.8 Å². The number of carboxylic acid groups (broad SMARTS) is 1.